The summed E-state index contributed by atoms with van der Waals surface area (Å²) in [4.78, 5) is 57.0. The van der Waals surface area contributed by atoms with E-state index in [9.17, 15) is 19.2 Å². The summed E-state index contributed by atoms with van der Waals surface area (Å²) < 4.78 is 10.5. The zero-order chi connectivity index (χ0) is 34.1. The molecule has 3 amide bonds. The van der Waals surface area contributed by atoms with Crippen LogP contribution in [-0.4, -0.2) is 58.8 Å². The van der Waals surface area contributed by atoms with Gasteiger partial charge < -0.3 is 24.6 Å². The highest BCUT2D eigenvalue weighted by atomic mass is 32.1. The van der Waals surface area contributed by atoms with E-state index < -0.39 is 40.9 Å². The standard InChI is InChI=1S/C37H41N3O6S/c1-6-45-32(41)21-25(2)40-33(28-15-11-8-12-16-28)35(43)39(24-27-13-9-7-10-14-27)31-20-18-26(22-30(31)34(40)42)17-19-29(47)23-38-36(44)46-37(3,4)5/h7-16,18,20,22,25,29,33,47H,6,21,23-24H2,1-5H3,(H,38,44). The number of benzene rings is 3. The van der Waals surface area contributed by atoms with Gasteiger partial charge in [-0.15, -0.1) is 0 Å². The Hall–Kier alpha value is -4.75. The molecule has 0 radical (unpaired) electrons. The maximum Gasteiger partial charge on any atom is 0.407 e. The fourth-order valence-corrected chi connectivity index (χ4v) is 5.41. The van der Waals surface area contributed by atoms with Crippen molar-refractivity contribution in [3.05, 3.63) is 101 Å². The highest BCUT2D eigenvalue weighted by molar-refractivity contribution is 7.81. The van der Waals surface area contributed by atoms with Gasteiger partial charge in [-0.25, -0.2) is 4.79 Å². The number of ether oxygens (including phenoxy) is 2. The minimum absolute atomic E-state index is 0.0876. The molecule has 0 spiro atoms. The number of rotatable bonds is 9. The third-order valence-electron chi connectivity index (χ3n) is 7.29. The SMILES string of the molecule is CCOC(=O)CC(C)N1C(=O)c2cc(C#CC(S)CNC(=O)OC(C)(C)C)ccc2N(Cc2ccccc2)C(=O)C1c1ccccc1. The maximum atomic E-state index is 14.6. The van der Waals surface area contributed by atoms with E-state index in [-0.39, 0.29) is 37.6 Å². The van der Waals surface area contributed by atoms with Gasteiger partial charge in [0.25, 0.3) is 11.8 Å². The molecular formula is C37H41N3O6S. The molecule has 246 valence electrons. The van der Waals surface area contributed by atoms with Crippen molar-refractivity contribution in [2.45, 2.75) is 70.5 Å². The van der Waals surface area contributed by atoms with E-state index in [0.29, 0.717) is 16.8 Å². The van der Waals surface area contributed by atoms with E-state index in [1.165, 1.54) is 4.90 Å². The summed E-state index contributed by atoms with van der Waals surface area (Å²) in [6, 6.07) is 22.1. The number of alkyl carbamates (subject to hydrolysis) is 1. The molecule has 4 rings (SSSR count). The third kappa shape index (κ3) is 9.39. The molecule has 1 aliphatic rings. The van der Waals surface area contributed by atoms with Crippen LogP contribution >= 0.6 is 12.6 Å². The van der Waals surface area contributed by atoms with Crippen molar-refractivity contribution in [3.63, 3.8) is 0 Å². The van der Waals surface area contributed by atoms with E-state index in [2.05, 4.69) is 29.8 Å². The minimum Gasteiger partial charge on any atom is -0.466 e. The number of amides is 3. The Balaban J connectivity index is 1.76. The second-order valence-electron chi connectivity index (χ2n) is 12.2. The van der Waals surface area contributed by atoms with Gasteiger partial charge in [0.05, 0.1) is 36.1 Å². The Morgan fingerprint density at radius 2 is 1.66 bits per heavy atom. The number of carbonyl (C=O) groups excluding carboxylic acids is 4. The molecule has 0 aliphatic carbocycles. The van der Waals surface area contributed by atoms with Gasteiger partial charge >= 0.3 is 12.1 Å². The number of anilines is 1. The predicted molar refractivity (Wildman–Crippen MR) is 184 cm³/mol. The van der Waals surface area contributed by atoms with Crippen LogP contribution in [0.15, 0.2) is 78.9 Å². The highest BCUT2D eigenvalue weighted by Gasteiger charge is 2.43. The fourth-order valence-electron chi connectivity index (χ4n) is 5.26. The number of fused-ring (bicyclic) bond motifs is 1. The lowest BCUT2D eigenvalue weighted by Gasteiger charge is -2.35. The molecule has 47 heavy (non-hydrogen) atoms. The van der Waals surface area contributed by atoms with E-state index in [1.807, 2.05) is 60.7 Å². The molecule has 3 aromatic rings. The first kappa shape index (κ1) is 35.1. The van der Waals surface area contributed by atoms with Crippen LogP contribution in [0.1, 0.15) is 74.1 Å². The summed E-state index contributed by atoms with van der Waals surface area (Å²) in [5, 5.41) is 2.14. The largest absolute Gasteiger partial charge is 0.466 e. The fraction of sp³-hybridized carbons (Fsp3) is 0.351. The number of hydrogen-bond acceptors (Lipinski definition) is 7. The lowest BCUT2D eigenvalue weighted by Crippen LogP contribution is -2.47. The molecule has 0 saturated heterocycles. The van der Waals surface area contributed by atoms with Crippen molar-refractivity contribution < 1.29 is 28.7 Å². The molecule has 3 unspecified atom stereocenters. The zero-order valence-electron chi connectivity index (χ0n) is 27.4. The van der Waals surface area contributed by atoms with Crippen LogP contribution in [0.2, 0.25) is 0 Å². The predicted octanol–water partition coefficient (Wildman–Crippen LogP) is 5.93. The second kappa shape index (κ2) is 15.7. The molecule has 1 aliphatic heterocycles. The monoisotopic (exact) mass is 655 g/mol. The first-order valence-corrected chi connectivity index (χ1v) is 16.1. The van der Waals surface area contributed by atoms with Crippen molar-refractivity contribution >= 4 is 42.2 Å². The number of hydrogen-bond donors (Lipinski definition) is 2. The molecule has 0 fully saturated rings. The molecule has 0 bridgehead atoms. The number of nitrogens with zero attached hydrogens (tertiary/aromatic N) is 2. The number of esters is 1. The average molecular weight is 656 g/mol. The number of nitrogens with one attached hydrogen (secondary N) is 1. The molecule has 1 N–H and O–H groups in total. The zero-order valence-corrected chi connectivity index (χ0v) is 28.3. The summed E-state index contributed by atoms with van der Waals surface area (Å²) in [6.07, 6.45) is -0.655. The highest BCUT2D eigenvalue weighted by Crippen LogP contribution is 2.37. The second-order valence-corrected chi connectivity index (χ2v) is 12.8. The Kier molecular flexibility index (Phi) is 11.7. The molecule has 10 heteroatoms. The van der Waals surface area contributed by atoms with Crippen molar-refractivity contribution in [1.82, 2.24) is 10.2 Å². The van der Waals surface area contributed by atoms with Crippen LogP contribution in [0, 0.1) is 11.8 Å². The smallest absolute Gasteiger partial charge is 0.407 e. The third-order valence-corrected chi connectivity index (χ3v) is 7.60. The summed E-state index contributed by atoms with van der Waals surface area (Å²) in [5.74, 6) is 4.88. The molecule has 0 aromatic heterocycles. The van der Waals surface area contributed by atoms with Crippen molar-refractivity contribution in [2.75, 3.05) is 18.1 Å². The topological polar surface area (TPSA) is 105 Å². The van der Waals surface area contributed by atoms with Crippen molar-refractivity contribution in [2.24, 2.45) is 0 Å². The Labute approximate surface area is 282 Å². The van der Waals surface area contributed by atoms with Gasteiger partial charge in [-0.05, 0) is 63.9 Å². The Bertz CT molecular complexity index is 1650. The number of thiol groups is 1. The molecular weight excluding hydrogens is 614 g/mol. The summed E-state index contributed by atoms with van der Waals surface area (Å²) in [5.41, 5.74) is 2.12. The van der Waals surface area contributed by atoms with Crippen LogP contribution in [0.25, 0.3) is 0 Å². The van der Waals surface area contributed by atoms with Crippen LogP contribution < -0.4 is 10.2 Å². The van der Waals surface area contributed by atoms with Crippen LogP contribution in [0.5, 0.6) is 0 Å². The lowest BCUT2D eigenvalue weighted by atomic mass is 10.0. The molecule has 3 atom stereocenters. The quantitative estimate of drug-likeness (QED) is 0.168. The first-order valence-electron chi connectivity index (χ1n) is 15.6. The van der Waals surface area contributed by atoms with E-state index in [4.69, 9.17) is 9.47 Å². The van der Waals surface area contributed by atoms with Crippen LogP contribution in [0.4, 0.5) is 10.5 Å². The summed E-state index contributed by atoms with van der Waals surface area (Å²) in [7, 11) is 0. The van der Waals surface area contributed by atoms with E-state index in [1.54, 1.807) is 57.7 Å². The first-order chi connectivity index (χ1) is 22.4. The number of carbonyl (C=O) groups is 4. The molecule has 9 nitrogen and oxygen atoms in total. The van der Waals surface area contributed by atoms with Crippen molar-refractivity contribution in [1.29, 1.82) is 0 Å². The molecule has 1 heterocycles. The van der Waals surface area contributed by atoms with E-state index >= 15 is 0 Å². The minimum atomic E-state index is -1.00. The Morgan fingerprint density at radius 1 is 1.00 bits per heavy atom. The van der Waals surface area contributed by atoms with Crippen molar-refractivity contribution in [3.8, 4) is 11.8 Å². The summed E-state index contributed by atoms with van der Waals surface area (Å²) >= 11 is 4.49. The average Bonchev–Trinajstić information content (AvgIpc) is 3.11. The van der Waals surface area contributed by atoms with Gasteiger partial charge in [0.1, 0.15) is 11.6 Å². The normalized spacial score (nSPS) is 15.8. The Morgan fingerprint density at radius 3 is 2.30 bits per heavy atom. The molecule has 0 saturated carbocycles. The van der Waals surface area contributed by atoms with Gasteiger partial charge in [-0.1, -0.05) is 72.5 Å². The molecule has 3 aromatic carbocycles. The van der Waals surface area contributed by atoms with Gasteiger partial charge in [-0.3, -0.25) is 14.4 Å². The van der Waals surface area contributed by atoms with Gasteiger partial charge in [0, 0.05) is 18.2 Å². The van der Waals surface area contributed by atoms with Crippen LogP contribution in [0.3, 0.4) is 0 Å². The maximum absolute atomic E-state index is 14.6. The van der Waals surface area contributed by atoms with E-state index in [0.717, 1.165) is 5.56 Å². The summed E-state index contributed by atoms with van der Waals surface area (Å²) in [6.45, 7) is 9.38. The van der Waals surface area contributed by atoms with Gasteiger partial charge in [-0.2, -0.15) is 12.6 Å². The van der Waals surface area contributed by atoms with Gasteiger partial charge in [0.15, 0.2) is 0 Å². The lowest BCUT2D eigenvalue weighted by molar-refractivity contribution is -0.144. The van der Waals surface area contributed by atoms with Crippen LogP contribution in [-0.2, 0) is 25.6 Å². The van der Waals surface area contributed by atoms with Gasteiger partial charge in [0.2, 0.25) is 0 Å².